The van der Waals surface area contributed by atoms with Crippen molar-refractivity contribution in [3.05, 3.63) is 30.3 Å². The first-order chi connectivity index (χ1) is 5.93. The second-order valence-electron chi connectivity index (χ2n) is 2.35. The molecule has 0 aliphatic rings. The third-order valence-corrected chi connectivity index (χ3v) is 1.39. The molecular formula is C9H12O3. The lowest BCUT2D eigenvalue weighted by Gasteiger charge is -2.03. The number of benzene rings is 1. The first-order valence-corrected chi connectivity index (χ1v) is 3.87. The highest BCUT2D eigenvalue weighted by Gasteiger charge is 1.90. The van der Waals surface area contributed by atoms with Gasteiger partial charge in [0.25, 0.3) is 0 Å². The Labute approximate surface area is 71.5 Å². The molecule has 1 rings (SSSR count). The molecule has 1 N–H and O–H groups in total. The van der Waals surface area contributed by atoms with Gasteiger partial charge in [-0.05, 0) is 12.1 Å². The summed E-state index contributed by atoms with van der Waals surface area (Å²) in [4.78, 5) is 3.90. The van der Waals surface area contributed by atoms with Crippen LogP contribution in [-0.2, 0) is 4.89 Å². The molecule has 0 spiro atoms. The van der Waals surface area contributed by atoms with Crippen LogP contribution in [0.4, 0.5) is 0 Å². The zero-order chi connectivity index (χ0) is 8.65. The van der Waals surface area contributed by atoms with E-state index in [0.29, 0.717) is 19.6 Å². The summed E-state index contributed by atoms with van der Waals surface area (Å²) in [5.74, 6) is 0.843. The third kappa shape index (κ3) is 3.37. The van der Waals surface area contributed by atoms with Gasteiger partial charge in [-0.2, -0.15) is 0 Å². The number of para-hydroxylation sites is 1. The van der Waals surface area contributed by atoms with Crippen LogP contribution in [0.15, 0.2) is 30.3 Å². The summed E-state index contributed by atoms with van der Waals surface area (Å²) >= 11 is 0. The SMILES string of the molecule is OOCCCOc1ccccc1. The summed E-state index contributed by atoms with van der Waals surface area (Å²) in [6, 6.07) is 9.54. The fraction of sp³-hybridized carbons (Fsp3) is 0.333. The van der Waals surface area contributed by atoms with Crippen LogP contribution in [0.3, 0.4) is 0 Å². The van der Waals surface area contributed by atoms with Gasteiger partial charge in [0.1, 0.15) is 5.75 Å². The quantitative estimate of drug-likeness (QED) is 0.415. The molecule has 12 heavy (non-hydrogen) atoms. The predicted molar refractivity (Wildman–Crippen MR) is 45.1 cm³/mol. The molecule has 0 atom stereocenters. The predicted octanol–water partition coefficient (Wildman–Crippen LogP) is 1.95. The van der Waals surface area contributed by atoms with E-state index in [1.165, 1.54) is 0 Å². The average Bonchev–Trinajstić information content (AvgIpc) is 2.14. The topological polar surface area (TPSA) is 38.7 Å². The smallest absolute Gasteiger partial charge is 0.119 e. The summed E-state index contributed by atoms with van der Waals surface area (Å²) in [5.41, 5.74) is 0. The Hall–Kier alpha value is -1.06. The standard InChI is InChI=1S/C9H12O3/c10-12-8-4-7-11-9-5-2-1-3-6-9/h1-3,5-6,10H,4,7-8H2. The molecule has 0 unspecified atom stereocenters. The minimum atomic E-state index is 0.312. The monoisotopic (exact) mass is 168 g/mol. The Bertz CT molecular complexity index is 198. The highest BCUT2D eigenvalue weighted by molar-refractivity contribution is 5.20. The van der Waals surface area contributed by atoms with Crippen LogP contribution in [0, 0.1) is 0 Å². The van der Waals surface area contributed by atoms with Crippen molar-refractivity contribution in [2.24, 2.45) is 0 Å². The van der Waals surface area contributed by atoms with Crippen molar-refractivity contribution in [3.8, 4) is 5.75 Å². The van der Waals surface area contributed by atoms with E-state index in [9.17, 15) is 0 Å². The van der Waals surface area contributed by atoms with Crippen LogP contribution in [0.5, 0.6) is 5.75 Å². The van der Waals surface area contributed by atoms with Crippen molar-refractivity contribution < 1.29 is 14.9 Å². The lowest BCUT2D eigenvalue weighted by atomic mass is 10.3. The Balaban J connectivity index is 2.16. The molecular weight excluding hydrogens is 156 g/mol. The molecule has 0 fully saturated rings. The van der Waals surface area contributed by atoms with E-state index in [2.05, 4.69) is 4.89 Å². The van der Waals surface area contributed by atoms with Gasteiger partial charge in [-0.3, -0.25) is 5.26 Å². The Morgan fingerprint density at radius 3 is 2.50 bits per heavy atom. The third-order valence-electron chi connectivity index (χ3n) is 1.39. The van der Waals surface area contributed by atoms with Crippen LogP contribution in [0.1, 0.15) is 6.42 Å². The molecule has 0 amide bonds. The van der Waals surface area contributed by atoms with Crippen LogP contribution < -0.4 is 4.74 Å². The molecule has 66 valence electrons. The summed E-state index contributed by atoms with van der Waals surface area (Å²) < 4.78 is 5.32. The molecule has 0 saturated heterocycles. The first-order valence-electron chi connectivity index (χ1n) is 3.87. The largest absolute Gasteiger partial charge is 0.494 e. The molecule has 0 bridgehead atoms. The van der Waals surface area contributed by atoms with Crippen LogP contribution in [-0.4, -0.2) is 18.5 Å². The number of rotatable bonds is 5. The van der Waals surface area contributed by atoms with Crippen LogP contribution in [0.25, 0.3) is 0 Å². The van der Waals surface area contributed by atoms with Crippen molar-refractivity contribution in [1.29, 1.82) is 0 Å². The Kier molecular flexibility index (Phi) is 4.19. The highest BCUT2D eigenvalue weighted by atomic mass is 17.1. The summed E-state index contributed by atoms with van der Waals surface area (Å²) in [6.07, 6.45) is 0.686. The maximum atomic E-state index is 8.01. The fourth-order valence-corrected chi connectivity index (χ4v) is 0.830. The molecule has 0 saturated carbocycles. The van der Waals surface area contributed by atoms with Gasteiger partial charge in [-0.25, -0.2) is 4.89 Å². The van der Waals surface area contributed by atoms with Crippen molar-refractivity contribution >= 4 is 0 Å². The molecule has 0 radical (unpaired) electrons. The van der Waals surface area contributed by atoms with Gasteiger partial charge >= 0.3 is 0 Å². The van der Waals surface area contributed by atoms with Crippen molar-refractivity contribution in [2.45, 2.75) is 6.42 Å². The highest BCUT2D eigenvalue weighted by Crippen LogP contribution is 2.07. The summed E-state index contributed by atoms with van der Waals surface area (Å²) in [6.45, 7) is 0.872. The molecule has 0 aromatic heterocycles. The van der Waals surface area contributed by atoms with Crippen LogP contribution in [0.2, 0.25) is 0 Å². The van der Waals surface area contributed by atoms with Crippen LogP contribution >= 0.6 is 0 Å². The molecule has 0 aliphatic heterocycles. The molecule has 1 aromatic rings. The van der Waals surface area contributed by atoms with Gasteiger partial charge in [0.05, 0.1) is 13.2 Å². The van der Waals surface area contributed by atoms with Crippen molar-refractivity contribution in [2.75, 3.05) is 13.2 Å². The average molecular weight is 168 g/mol. The van der Waals surface area contributed by atoms with Gasteiger partial charge < -0.3 is 4.74 Å². The molecule has 1 aromatic carbocycles. The second kappa shape index (κ2) is 5.57. The van der Waals surface area contributed by atoms with Gasteiger partial charge in [0.15, 0.2) is 0 Å². The van der Waals surface area contributed by atoms with E-state index < -0.39 is 0 Å². The Morgan fingerprint density at radius 1 is 1.08 bits per heavy atom. The minimum Gasteiger partial charge on any atom is -0.494 e. The normalized spacial score (nSPS) is 9.75. The van der Waals surface area contributed by atoms with Gasteiger partial charge in [0, 0.05) is 6.42 Å². The lowest BCUT2D eigenvalue weighted by molar-refractivity contribution is -0.243. The van der Waals surface area contributed by atoms with E-state index >= 15 is 0 Å². The number of hydrogen-bond donors (Lipinski definition) is 1. The Morgan fingerprint density at radius 2 is 1.83 bits per heavy atom. The molecule has 0 aliphatic carbocycles. The van der Waals surface area contributed by atoms with Gasteiger partial charge in [-0.1, -0.05) is 18.2 Å². The number of hydrogen-bond acceptors (Lipinski definition) is 3. The van der Waals surface area contributed by atoms with E-state index in [1.807, 2.05) is 30.3 Å². The number of ether oxygens (including phenoxy) is 1. The fourth-order valence-electron chi connectivity index (χ4n) is 0.830. The minimum absolute atomic E-state index is 0.312. The summed E-state index contributed by atoms with van der Waals surface area (Å²) in [7, 11) is 0. The van der Waals surface area contributed by atoms with E-state index in [0.717, 1.165) is 5.75 Å². The maximum Gasteiger partial charge on any atom is 0.119 e. The van der Waals surface area contributed by atoms with E-state index in [1.54, 1.807) is 0 Å². The van der Waals surface area contributed by atoms with E-state index in [4.69, 9.17) is 9.99 Å². The summed E-state index contributed by atoms with van der Waals surface area (Å²) in [5, 5.41) is 8.01. The van der Waals surface area contributed by atoms with E-state index in [-0.39, 0.29) is 0 Å². The van der Waals surface area contributed by atoms with Gasteiger partial charge in [0.2, 0.25) is 0 Å². The lowest BCUT2D eigenvalue weighted by Crippen LogP contribution is -2.00. The second-order valence-corrected chi connectivity index (χ2v) is 2.35. The molecule has 3 nitrogen and oxygen atoms in total. The zero-order valence-corrected chi connectivity index (χ0v) is 6.77. The zero-order valence-electron chi connectivity index (χ0n) is 6.77. The molecule has 0 heterocycles. The molecule has 3 heteroatoms. The van der Waals surface area contributed by atoms with Crippen molar-refractivity contribution in [1.82, 2.24) is 0 Å². The maximum absolute atomic E-state index is 8.01. The van der Waals surface area contributed by atoms with Crippen molar-refractivity contribution in [3.63, 3.8) is 0 Å². The van der Waals surface area contributed by atoms with Gasteiger partial charge in [-0.15, -0.1) is 0 Å². The first kappa shape index (κ1) is 9.03.